The molecule has 0 N–H and O–H groups in total. The SMILES string of the molecule is CCC(C)(COC)COC(C)(C)CC(C)(C)Oc1ccc(-c2ccc(C#N)cc2)cc1. The van der Waals surface area contributed by atoms with E-state index in [9.17, 15) is 0 Å². The smallest absolute Gasteiger partial charge is 0.120 e. The highest BCUT2D eigenvalue weighted by atomic mass is 16.5. The Morgan fingerprint density at radius 2 is 1.35 bits per heavy atom. The van der Waals surface area contributed by atoms with Crippen molar-refractivity contribution in [2.24, 2.45) is 5.41 Å². The van der Waals surface area contributed by atoms with Crippen LogP contribution in [0.5, 0.6) is 5.75 Å². The fourth-order valence-corrected chi connectivity index (χ4v) is 3.85. The van der Waals surface area contributed by atoms with Gasteiger partial charge < -0.3 is 14.2 Å². The lowest BCUT2D eigenvalue weighted by Crippen LogP contribution is -2.42. The Kier molecular flexibility index (Phi) is 8.28. The zero-order valence-corrected chi connectivity index (χ0v) is 20.1. The molecule has 168 valence electrons. The molecule has 1 atom stereocenters. The van der Waals surface area contributed by atoms with E-state index >= 15 is 0 Å². The van der Waals surface area contributed by atoms with E-state index in [4.69, 9.17) is 19.5 Å². The van der Waals surface area contributed by atoms with Crippen molar-refractivity contribution in [2.75, 3.05) is 20.3 Å². The number of hydrogen-bond acceptors (Lipinski definition) is 4. The molecule has 0 spiro atoms. The highest BCUT2D eigenvalue weighted by Crippen LogP contribution is 2.32. The topological polar surface area (TPSA) is 51.5 Å². The number of ether oxygens (including phenoxy) is 3. The summed E-state index contributed by atoms with van der Waals surface area (Å²) >= 11 is 0. The van der Waals surface area contributed by atoms with Crippen LogP contribution in [0.1, 0.15) is 59.9 Å². The van der Waals surface area contributed by atoms with Gasteiger partial charge in [-0.15, -0.1) is 0 Å². The van der Waals surface area contributed by atoms with Gasteiger partial charge in [-0.2, -0.15) is 5.26 Å². The Hall–Kier alpha value is -2.35. The number of methoxy groups -OCH3 is 1. The van der Waals surface area contributed by atoms with Crippen molar-refractivity contribution in [3.63, 3.8) is 0 Å². The molecular weight excluding hydrogens is 386 g/mol. The second-order valence-electron chi connectivity index (χ2n) is 9.90. The molecule has 4 nitrogen and oxygen atoms in total. The third kappa shape index (κ3) is 7.69. The molecule has 0 radical (unpaired) electrons. The molecule has 0 aliphatic heterocycles. The first-order chi connectivity index (χ1) is 14.5. The van der Waals surface area contributed by atoms with Crippen molar-refractivity contribution in [1.82, 2.24) is 0 Å². The second-order valence-corrected chi connectivity index (χ2v) is 9.90. The van der Waals surface area contributed by atoms with Crippen molar-refractivity contribution >= 4 is 0 Å². The molecule has 2 aromatic rings. The van der Waals surface area contributed by atoms with Crippen molar-refractivity contribution in [3.05, 3.63) is 54.1 Å². The fraction of sp³-hybridized carbons (Fsp3) is 0.519. The summed E-state index contributed by atoms with van der Waals surface area (Å²) in [6.45, 7) is 14.1. The van der Waals surface area contributed by atoms with Gasteiger partial charge in [0, 0.05) is 18.9 Å². The summed E-state index contributed by atoms with van der Waals surface area (Å²) in [5, 5.41) is 8.95. The summed E-state index contributed by atoms with van der Waals surface area (Å²) in [5.74, 6) is 0.830. The van der Waals surface area contributed by atoms with E-state index in [0.29, 0.717) is 18.8 Å². The summed E-state index contributed by atoms with van der Waals surface area (Å²) in [5.41, 5.74) is 2.14. The van der Waals surface area contributed by atoms with Crippen LogP contribution < -0.4 is 4.74 Å². The third-order valence-electron chi connectivity index (χ3n) is 5.60. The van der Waals surface area contributed by atoms with Crippen LogP contribution in [0.25, 0.3) is 11.1 Å². The monoisotopic (exact) mass is 423 g/mol. The predicted octanol–water partition coefficient (Wildman–Crippen LogP) is 6.63. The van der Waals surface area contributed by atoms with Crippen LogP contribution in [-0.4, -0.2) is 31.5 Å². The molecular formula is C27H37NO3. The molecule has 0 aliphatic rings. The quantitative estimate of drug-likeness (QED) is 0.407. The highest BCUT2D eigenvalue weighted by molar-refractivity contribution is 5.64. The van der Waals surface area contributed by atoms with Gasteiger partial charge in [0.05, 0.1) is 30.4 Å². The first-order valence-corrected chi connectivity index (χ1v) is 10.9. The first kappa shape index (κ1) is 24.9. The summed E-state index contributed by atoms with van der Waals surface area (Å²) in [7, 11) is 1.74. The minimum atomic E-state index is -0.386. The summed E-state index contributed by atoms with van der Waals surface area (Å²) in [6, 6.07) is 17.8. The van der Waals surface area contributed by atoms with Gasteiger partial charge in [-0.05, 0) is 69.5 Å². The van der Waals surface area contributed by atoms with E-state index in [1.54, 1.807) is 7.11 Å². The Morgan fingerprint density at radius 1 is 0.806 bits per heavy atom. The molecule has 2 rings (SSSR count). The largest absolute Gasteiger partial charge is 0.488 e. The average molecular weight is 424 g/mol. The number of hydrogen-bond donors (Lipinski definition) is 0. The van der Waals surface area contributed by atoms with E-state index in [0.717, 1.165) is 29.7 Å². The molecule has 0 amide bonds. The molecule has 4 heteroatoms. The summed E-state index contributed by atoms with van der Waals surface area (Å²) in [6.07, 6.45) is 1.76. The van der Waals surface area contributed by atoms with Gasteiger partial charge >= 0.3 is 0 Å². The molecule has 0 fully saturated rings. The van der Waals surface area contributed by atoms with Crippen LogP contribution >= 0.6 is 0 Å². The minimum Gasteiger partial charge on any atom is -0.488 e. The van der Waals surface area contributed by atoms with Crippen LogP contribution in [0.4, 0.5) is 0 Å². The Balaban J connectivity index is 1.99. The zero-order valence-electron chi connectivity index (χ0n) is 20.1. The van der Waals surface area contributed by atoms with Gasteiger partial charge in [0.15, 0.2) is 0 Å². The second kappa shape index (κ2) is 10.3. The highest BCUT2D eigenvalue weighted by Gasteiger charge is 2.33. The van der Waals surface area contributed by atoms with Crippen molar-refractivity contribution in [3.8, 4) is 22.9 Å². The van der Waals surface area contributed by atoms with Crippen molar-refractivity contribution in [2.45, 2.75) is 65.6 Å². The van der Waals surface area contributed by atoms with Crippen LogP contribution in [0.15, 0.2) is 48.5 Å². The minimum absolute atomic E-state index is 0.0122. The van der Waals surface area contributed by atoms with E-state index in [2.05, 4.69) is 47.6 Å². The van der Waals surface area contributed by atoms with Gasteiger partial charge in [-0.1, -0.05) is 38.1 Å². The lowest BCUT2D eigenvalue weighted by atomic mass is 9.88. The maximum absolute atomic E-state index is 8.95. The molecule has 2 aromatic carbocycles. The van der Waals surface area contributed by atoms with Gasteiger partial charge in [0.25, 0.3) is 0 Å². The first-order valence-electron chi connectivity index (χ1n) is 10.9. The Morgan fingerprint density at radius 3 is 1.84 bits per heavy atom. The molecule has 0 bridgehead atoms. The summed E-state index contributed by atoms with van der Waals surface area (Å²) in [4.78, 5) is 0. The van der Waals surface area contributed by atoms with E-state index in [1.807, 2.05) is 48.5 Å². The fourth-order valence-electron chi connectivity index (χ4n) is 3.85. The van der Waals surface area contributed by atoms with Crippen LogP contribution in [0.2, 0.25) is 0 Å². The van der Waals surface area contributed by atoms with Crippen LogP contribution in [-0.2, 0) is 9.47 Å². The summed E-state index contributed by atoms with van der Waals surface area (Å²) < 4.78 is 18.0. The van der Waals surface area contributed by atoms with Gasteiger partial charge in [0.2, 0.25) is 0 Å². The van der Waals surface area contributed by atoms with Crippen molar-refractivity contribution < 1.29 is 14.2 Å². The lowest BCUT2D eigenvalue weighted by Gasteiger charge is -2.38. The Labute approximate surface area is 188 Å². The standard InChI is InChI=1S/C27H37NO3/c1-8-27(6,19-29-7)20-30-25(2,3)18-26(4,5)31-24-15-13-23(14-16-24)22-11-9-21(17-28)10-12-22/h9-16H,8,18-20H2,1-7H3. The van der Waals surface area contributed by atoms with Gasteiger partial charge in [-0.25, -0.2) is 0 Å². The third-order valence-corrected chi connectivity index (χ3v) is 5.60. The zero-order chi connectivity index (χ0) is 23.1. The molecule has 0 aromatic heterocycles. The normalized spacial score (nSPS) is 14.0. The van der Waals surface area contributed by atoms with E-state index in [-0.39, 0.29) is 16.6 Å². The lowest BCUT2D eigenvalue weighted by molar-refractivity contribution is -0.104. The molecule has 0 saturated heterocycles. The molecule has 0 saturated carbocycles. The van der Waals surface area contributed by atoms with Crippen LogP contribution in [0.3, 0.4) is 0 Å². The predicted molar refractivity (Wildman–Crippen MR) is 126 cm³/mol. The Bertz CT molecular complexity index is 863. The number of rotatable bonds is 11. The maximum Gasteiger partial charge on any atom is 0.120 e. The van der Waals surface area contributed by atoms with Gasteiger partial charge in [0.1, 0.15) is 11.4 Å². The average Bonchev–Trinajstić information content (AvgIpc) is 2.72. The maximum atomic E-state index is 8.95. The van der Waals surface area contributed by atoms with Gasteiger partial charge in [-0.3, -0.25) is 0 Å². The van der Waals surface area contributed by atoms with Crippen LogP contribution in [0, 0.1) is 16.7 Å². The molecule has 31 heavy (non-hydrogen) atoms. The van der Waals surface area contributed by atoms with E-state index < -0.39 is 0 Å². The molecule has 0 aliphatic carbocycles. The van der Waals surface area contributed by atoms with Crippen molar-refractivity contribution in [1.29, 1.82) is 5.26 Å². The number of nitrogens with zero attached hydrogens (tertiary/aromatic N) is 1. The number of benzene rings is 2. The van der Waals surface area contributed by atoms with E-state index in [1.165, 1.54) is 0 Å². The molecule has 1 unspecified atom stereocenters. The number of nitriles is 1. The molecule has 0 heterocycles.